The van der Waals surface area contributed by atoms with E-state index in [1.807, 2.05) is 5.38 Å². The van der Waals surface area contributed by atoms with Crippen molar-refractivity contribution in [3.8, 4) is 0 Å². The minimum Gasteiger partial charge on any atom is -0.390 e. The molecule has 0 bridgehead atoms. The van der Waals surface area contributed by atoms with Crippen LogP contribution in [0.2, 0.25) is 0 Å². The number of aromatic nitrogens is 1. The maximum atomic E-state index is 9.00. The predicted octanol–water partition coefficient (Wildman–Crippen LogP) is 2.18. The molecule has 1 saturated heterocycles. The van der Waals surface area contributed by atoms with Crippen LogP contribution >= 0.6 is 11.3 Å². The number of likely N-dealkylation sites (tertiary alicyclic amines) is 1. The zero-order valence-electron chi connectivity index (χ0n) is 9.15. The molecular formula is C11H18N2OS. The Morgan fingerprint density at radius 1 is 1.60 bits per heavy atom. The fourth-order valence-electron chi connectivity index (χ4n) is 2.20. The van der Waals surface area contributed by atoms with Crippen LogP contribution in [-0.4, -0.2) is 28.1 Å². The Bertz CT molecular complexity index is 313. The molecule has 2 heterocycles. The van der Waals surface area contributed by atoms with E-state index in [1.165, 1.54) is 30.8 Å². The fraction of sp³-hybridized carbons (Fsp3) is 0.727. The van der Waals surface area contributed by atoms with E-state index < -0.39 is 0 Å². The lowest BCUT2D eigenvalue weighted by Crippen LogP contribution is -2.33. The number of hydrogen-bond donors (Lipinski definition) is 1. The first kappa shape index (κ1) is 11.0. The van der Waals surface area contributed by atoms with Crippen molar-refractivity contribution in [1.82, 2.24) is 9.88 Å². The van der Waals surface area contributed by atoms with Gasteiger partial charge < -0.3 is 5.11 Å². The average Bonchev–Trinajstić information content (AvgIpc) is 2.77. The summed E-state index contributed by atoms with van der Waals surface area (Å²) in [5.41, 5.74) is 0.816. The molecule has 1 aliphatic heterocycles. The average molecular weight is 226 g/mol. The molecule has 1 atom stereocenters. The number of aliphatic hydroxyl groups is 1. The van der Waals surface area contributed by atoms with E-state index in [0.717, 1.165) is 12.2 Å². The highest BCUT2D eigenvalue weighted by Gasteiger charge is 2.24. The molecule has 4 heteroatoms. The third kappa shape index (κ3) is 2.38. The van der Waals surface area contributed by atoms with E-state index in [0.29, 0.717) is 6.04 Å². The molecule has 0 radical (unpaired) electrons. The number of piperidine rings is 1. The second-order valence-corrected chi connectivity index (χ2v) is 4.87. The van der Waals surface area contributed by atoms with Crippen LogP contribution in [0.5, 0.6) is 0 Å². The Kier molecular flexibility index (Phi) is 3.72. The van der Waals surface area contributed by atoms with Crippen LogP contribution in [0.3, 0.4) is 0 Å². The Balaban J connectivity index is 2.12. The minimum absolute atomic E-state index is 0.0648. The molecule has 1 unspecified atom stereocenters. The Morgan fingerprint density at radius 3 is 3.13 bits per heavy atom. The van der Waals surface area contributed by atoms with Crippen molar-refractivity contribution >= 4 is 11.3 Å². The summed E-state index contributed by atoms with van der Waals surface area (Å²) in [6.07, 6.45) is 3.82. The number of hydrogen-bond acceptors (Lipinski definition) is 4. The third-order valence-electron chi connectivity index (χ3n) is 3.04. The van der Waals surface area contributed by atoms with Crippen molar-refractivity contribution in [1.29, 1.82) is 0 Å². The summed E-state index contributed by atoms with van der Waals surface area (Å²) < 4.78 is 0. The van der Waals surface area contributed by atoms with Gasteiger partial charge in [-0.3, -0.25) is 4.90 Å². The highest BCUT2D eigenvalue weighted by molar-refractivity contribution is 7.09. The SMILES string of the molecule is CCN1CCCCC1c1nc(CO)cs1. The second kappa shape index (κ2) is 5.05. The highest BCUT2D eigenvalue weighted by Crippen LogP contribution is 2.32. The van der Waals surface area contributed by atoms with Gasteiger partial charge in [0.25, 0.3) is 0 Å². The van der Waals surface area contributed by atoms with Gasteiger partial charge in [-0.15, -0.1) is 11.3 Å². The lowest BCUT2D eigenvalue weighted by molar-refractivity contribution is 0.156. The maximum Gasteiger partial charge on any atom is 0.110 e. The number of nitrogens with zero attached hydrogens (tertiary/aromatic N) is 2. The zero-order chi connectivity index (χ0) is 10.7. The van der Waals surface area contributed by atoms with Gasteiger partial charge in [0, 0.05) is 5.38 Å². The van der Waals surface area contributed by atoms with Gasteiger partial charge in [0.05, 0.1) is 18.3 Å². The molecule has 1 aliphatic rings. The van der Waals surface area contributed by atoms with Crippen LogP contribution in [0.15, 0.2) is 5.38 Å². The topological polar surface area (TPSA) is 36.4 Å². The van der Waals surface area contributed by atoms with E-state index in [9.17, 15) is 0 Å². The van der Waals surface area contributed by atoms with Gasteiger partial charge in [0.15, 0.2) is 0 Å². The van der Waals surface area contributed by atoms with Crippen LogP contribution in [0, 0.1) is 0 Å². The lowest BCUT2D eigenvalue weighted by Gasteiger charge is -2.33. The number of thiazole rings is 1. The minimum atomic E-state index is 0.0648. The first-order valence-corrected chi connectivity index (χ1v) is 6.52. The van der Waals surface area contributed by atoms with E-state index in [4.69, 9.17) is 5.11 Å². The quantitative estimate of drug-likeness (QED) is 0.858. The molecule has 0 aliphatic carbocycles. The predicted molar refractivity (Wildman–Crippen MR) is 61.9 cm³/mol. The van der Waals surface area contributed by atoms with Crippen molar-refractivity contribution < 1.29 is 5.11 Å². The van der Waals surface area contributed by atoms with E-state index >= 15 is 0 Å². The van der Waals surface area contributed by atoms with Gasteiger partial charge >= 0.3 is 0 Å². The molecule has 1 aromatic rings. The molecule has 3 nitrogen and oxygen atoms in total. The molecule has 0 saturated carbocycles. The maximum absolute atomic E-state index is 9.00. The molecular weight excluding hydrogens is 208 g/mol. The Morgan fingerprint density at radius 2 is 2.47 bits per heavy atom. The summed E-state index contributed by atoms with van der Waals surface area (Å²) in [5, 5.41) is 12.2. The standard InChI is InChI=1S/C11H18N2OS/c1-2-13-6-4-3-5-10(13)11-12-9(7-14)8-15-11/h8,10,14H,2-7H2,1H3. The Hall–Kier alpha value is -0.450. The zero-order valence-corrected chi connectivity index (χ0v) is 9.96. The summed E-state index contributed by atoms with van der Waals surface area (Å²) in [6.45, 7) is 4.56. The molecule has 15 heavy (non-hydrogen) atoms. The van der Waals surface area contributed by atoms with Gasteiger partial charge in [-0.25, -0.2) is 4.98 Å². The third-order valence-corrected chi connectivity index (χ3v) is 4.03. The van der Waals surface area contributed by atoms with Crippen molar-refractivity contribution in [2.24, 2.45) is 0 Å². The highest BCUT2D eigenvalue weighted by atomic mass is 32.1. The summed E-state index contributed by atoms with van der Waals surface area (Å²) in [6, 6.07) is 0.494. The first-order chi connectivity index (χ1) is 7.35. The molecule has 2 rings (SSSR count). The number of rotatable bonds is 3. The summed E-state index contributed by atoms with van der Waals surface area (Å²) in [5.74, 6) is 0. The molecule has 0 spiro atoms. The van der Waals surface area contributed by atoms with Crippen LogP contribution in [0.4, 0.5) is 0 Å². The van der Waals surface area contributed by atoms with Crippen LogP contribution in [0.1, 0.15) is 42.9 Å². The van der Waals surface area contributed by atoms with Crippen LogP contribution < -0.4 is 0 Å². The van der Waals surface area contributed by atoms with Gasteiger partial charge in [-0.05, 0) is 25.9 Å². The summed E-state index contributed by atoms with van der Waals surface area (Å²) >= 11 is 1.69. The molecule has 1 aromatic heterocycles. The lowest BCUT2D eigenvalue weighted by atomic mass is 10.0. The van der Waals surface area contributed by atoms with Crippen LogP contribution in [0.25, 0.3) is 0 Å². The first-order valence-electron chi connectivity index (χ1n) is 5.64. The van der Waals surface area contributed by atoms with Crippen LogP contribution in [-0.2, 0) is 6.61 Å². The number of aliphatic hydroxyl groups excluding tert-OH is 1. The normalized spacial score (nSPS) is 23.2. The largest absolute Gasteiger partial charge is 0.390 e. The van der Waals surface area contributed by atoms with E-state index in [1.54, 1.807) is 11.3 Å². The van der Waals surface area contributed by atoms with Gasteiger partial charge in [-0.2, -0.15) is 0 Å². The molecule has 0 amide bonds. The van der Waals surface area contributed by atoms with E-state index in [2.05, 4.69) is 16.8 Å². The van der Waals surface area contributed by atoms with Crippen molar-refractivity contribution in [3.05, 3.63) is 16.1 Å². The Labute approximate surface area is 94.8 Å². The summed E-state index contributed by atoms with van der Waals surface area (Å²) in [7, 11) is 0. The molecule has 84 valence electrons. The van der Waals surface area contributed by atoms with Crippen molar-refractivity contribution in [3.63, 3.8) is 0 Å². The monoisotopic (exact) mass is 226 g/mol. The van der Waals surface area contributed by atoms with E-state index in [-0.39, 0.29) is 6.61 Å². The molecule has 1 fully saturated rings. The van der Waals surface area contributed by atoms with Gasteiger partial charge in [-0.1, -0.05) is 13.3 Å². The van der Waals surface area contributed by atoms with Crippen molar-refractivity contribution in [2.75, 3.05) is 13.1 Å². The van der Waals surface area contributed by atoms with Crippen molar-refractivity contribution in [2.45, 2.75) is 38.8 Å². The molecule has 0 aromatic carbocycles. The fourth-order valence-corrected chi connectivity index (χ4v) is 3.18. The molecule has 1 N–H and O–H groups in total. The van der Waals surface area contributed by atoms with Gasteiger partial charge in [0.2, 0.25) is 0 Å². The second-order valence-electron chi connectivity index (χ2n) is 3.98. The smallest absolute Gasteiger partial charge is 0.110 e. The summed E-state index contributed by atoms with van der Waals surface area (Å²) in [4.78, 5) is 6.97. The van der Waals surface area contributed by atoms with Gasteiger partial charge in [0.1, 0.15) is 5.01 Å².